The van der Waals surface area contributed by atoms with E-state index in [1.54, 1.807) is 18.5 Å². The quantitative estimate of drug-likeness (QED) is 0.651. The highest BCUT2D eigenvalue weighted by Crippen LogP contribution is 2.41. The number of carbonyl (C=O) groups is 1. The first-order valence-electron chi connectivity index (χ1n) is 11.6. The summed E-state index contributed by atoms with van der Waals surface area (Å²) in [5, 5.41) is 12.9. The SMILES string of the molecule is C[n+]1cnc(N2CCC3(CCN(C(=O)OC(C)(C)C)C3)CC2)cc1Nc1ccc(C#N)cc1Cl. The van der Waals surface area contributed by atoms with Crippen molar-refractivity contribution in [1.29, 1.82) is 5.26 Å². The first-order valence-corrected chi connectivity index (χ1v) is 12.0. The summed E-state index contributed by atoms with van der Waals surface area (Å²) < 4.78 is 7.47. The first-order chi connectivity index (χ1) is 16.1. The number of aryl methyl sites for hydroxylation is 1. The lowest BCUT2D eigenvalue weighted by atomic mass is 9.78. The highest BCUT2D eigenvalue weighted by Gasteiger charge is 2.43. The standard InChI is InChI=1S/C25H31ClN6O2/c1-24(2,3)34-23(33)32-12-9-25(16-32)7-10-31(11-8-25)21-14-22(30(4)17-28-21)29-20-6-5-18(15-27)13-19(20)26/h5-6,13-14,17H,7-12,16H2,1-4H3/p+1. The number of piperidine rings is 1. The summed E-state index contributed by atoms with van der Waals surface area (Å²) in [6.45, 7) is 9.01. The van der Waals surface area contributed by atoms with Crippen LogP contribution in [0.4, 0.5) is 22.1 Å². The third kappa shape index (κ3) is 5.36. The molecule has 0 saturated carbocycles. The average molecular weight is 484 g/mol. The Hall–Kier alpha value is -3.05. The van der Waals surface area contributed by atoms with Crippen LogP contribution < -0.4 is 14.8 Å². The van der Waals surface area contributed by atoms with Gasteiger partial charge in [-0.05, 0) is 63.6 Å². The molecule has 8 nitrogen and oxygen atoms in total. The van der Waals surface area contributed by atoms with Crippen LogP contribution in [0.2, 0.25) is 5.02 Å². The highest BCUT2D eigenvalue weighted by atomic mass is 35.5. The Morgan fingerprint density at radius 1 is 1.24 bits per heavy atom. The molecule has 0 aliphatic carbocycles. The fraction of sp³-hybridized carbons (Fsp3) is 0.520. The molecule has 1 spiro atoms. The molecule has 0 radical (unpaired) electrons. The third-order valence-corrected chi connectivity index (χ3v) is 6.92. The van der Waals surface area contributed by atoms with Crippen LogP contribution in [0.25, 0.3) is 0 Å². The molecule has 0 bridgehead atoms. The fourth-order valence-corrected chi connectivity index (χ4v) is 4.85. The monoisotopic (exact) mass is 483 g/mol. The van der Waals surface area contributed by atoms with E-state index in [1.807, 2.05) is 49.4 Å². The zero-order chi connectivity index (χ0) is 24.5. The molecular weight excluding hydrogens is 452 g/mol. The van der Waals surface area contributed by atoms with Crippen molar-refractivity contribution in [3.05, 3.63) is 41.2 Å². The van der Waals surface area contributed by atoms with E-state index in [0.29, 0.717) is 10.6 Å². The number of amides is 1. The average Bonchev–Trinajstić information content (AvgIpc) is 3.20. The maximum atomic E-state index is 12.5. The van der Waals surface area contributed by atoms with E-state index in [2.05, 4.69) is 21.3 Å². The number of rotatable bonds is 3. The van der Waals surface area contributed by atoms with E-state index in [0.717, 1.165) is 62.8 Å². The van der Waals surface area contributed by atoms with Crippen LogP contribution in [0.15, 0.2) is 30.6 Å². The Morgan fingerprint density at radius 2 is 1.94 bits per heavy atom. The van der Waals surface area contributed by atoms with Crippen molar-refractivity contribution < 1.29 is 14.1 Å². The molecule has 1 aromatic heterocycles. The number of halogens is 1. The number of nitrogens with one attached hydrogen (secondary N) is 1. The van der Waals surface area contributed by atoms with E-state index in [4.69, 9.17) is 21.6 Å². The predicted molar refractivity (Wildman–Crippen MR) is 131 cm³/mol. The second kappa shape index (κ2) is 9.30. The summed E-state index contributed by atoms with van der Waals surface area (Å²) in [6, 6.07) is 9.32. The van der Waals surface area contributed by atoms with E-state index in [-0.39, 0.29) is 11.5 Å². The molecular formula is C25H32ClN6O2+. The Balaban J connectivity index is 1.41. The molecule has 2 aliphatic heterocycles. The lowest BCUT2D eigenvalue weighted by Crippen LogP contribution is -2.43. The minimum Gasteiger partial charge on any atom is -0.444 e. The molecule has 1 N–H and O–H groups in total. The van der Waals surface area contributed by atoms with Crippen molar-refractivity contribution in [2.24, 2.45) is 12.5 Å². The van der Waals surface area contributed by atoms with Crippen LogP contribution in [0.3, 0.4) is 0 Å². The van der Waals surface area contributed by atoms with Gasteiger partial charge in [0.1, 0.15) is 11.3 Å². The molecule has 2 aromatic rings. The molecule has 0 atom stereocenters. The minimum atomic E-state index is -0.473. The Bertz CT molecular complexity index is 1120. The van der Waals surface area contributed by atoms with Gasteiger partial charge in [0, 0.05) is 26.2 Å². The number of hydrogen-bond acceptors (Lipinski definition) is 6. The van der Waals surface area contributed by atoms with Gasteiger partial charge in [0.2, 0.25) is 18.0 Å². The lowest BCUT2D eigenvalue weighted by Gasteiger charge is -2.39. The summed E-state index contributed by atoms with van der Waals surface area (Å²) in [5.74, 6) is 1.76. The van der Waals surface area contributed by atoms with Crippen LogP contribution in [-0.4, -0.2) is 47.8 Å². The summed E-state index contributed by atoms with van der Waals surface area (Å²) >= 11 is 6.35. The summed E-state index contributed by atoms with van der Waals surface area (Å²) in [5.41, 5.74) is 0.942. The number of nitriles is 1. The van der Waals surface area contributed by atoms with Gasteiger partial charge in [-0.2, -0.15) is 5.26 Å². The van der Waals surface area contributed by atoms with Gasteiger partial charge in [-0.3, -0.25) is 5.32 Å². The predicted octanol–water partition coefficient (Wildman–Crippen LogP) is 4.40. The minimum absolute atomic E-state index is 0.157. The van der Waals surface area contributed by atoms with E-state index >= 15 is 0 Å². The van der Waals surface area contributed by atoms with Gasteiger partial charge in [0.05, 0.1) is 29.8 Å². The normalized spacial score (nSPS) is 17.5. The highest BCUT2D eigenvalue weighted by molar-refractivity contribution is 6.33. The Kier molecular flexibility index (Phi) is 6.59. The zero-order valence-electron chi connectivity index (χ0n) is 20.3. The van der Waals surface area contributed by atoms with Gasteiger partial charge in [-0.15, -0.1) is 0 Å². The second-order valence-corrected chi connectivity index (χ2v) is 10.7. The number of benzene rings is 1. The number of hydrogen-bond donors (Lipinski definition) is 1. The van der Waals surface area contributed by atoms with Crippen molar-refractivity contribution in [1.82, 2.24) is 9.88 Å². The summed E-state index contributed by atoms with van der Waals surface area (Å²) in [6.07, 6.45) is 4.63. The first kappa shape index (κ1) is 24.1. The molecule has 2 saturated heterocycles. The van der Waals surface area contributed by atoms with E-state index in [1.165, 1.54) is 0 Å². The second-order valence-electron chi connectivity index (χ2n) is 10.3. The molecule has 34 heavy (non-hydrogen) atoms. The molecule has 3 heterocycles. The Labute approximate surface area is 206 Å². The molecule has 2 aliphatic rings. The van der Waals surface area contributed by atoms with Crippen LogP contribution >= 0.6 is 11.6 Å². The van der Waals surface area contributed by atoms with Crippen molar-refractivity contribution in [3.8, 4) is 6.07 Å². The van der Waals surface area contributed by atoms with Crippen LogP contribution in [-0.2, 0) is 11.8 Å². The number of nitrogens with zero attached hydrogens (tertiary/aromatic N) is 5. The van der Waals surface area contributed by atoms with Crippen molar-refractivity contribution in [2.75, 3.05) is 36.4 Å². The fourth-order valence-electron chi connectivity index (χ4n) is 4.63. The zero-order valence-corrected chi connectivity index (χ0v) is 21.0. The molecule has 1 aromatic carbocycles. The van der Waals surface area contributed by atoms with Crippen molar-refractivity contribution in [3.63, 3.8) is 0 Å². The van der Waals surface area contributed by atoms with Crippen LogP contribution in [0.1, 0.15) is 45.6 Å². The van der Waals surface area contributed by atoms with Gasteiger partial charge in [0.15, 0.2) is 0 Å². The molecule has 180 valence electrons. The molecule has 4 rings (SSSR count). The van der Waals surface area contributed by atoms with E-state index < -0.39 is 5.60 Å². The number of ether oxygens (including phenoxy) is 1. The number of aromatic nitrogens is 2. The molecule has 9 heteroatoms. The maximum Gasteiger partial charge on any atom is 0.410 e. The maximum absolute atomic E-state index is 12.5. The summed E-state index contributed by atoms with van der Waals surface area (Å²) in [4.78, 5) is 21.3. The van der Waals surface area contributed by atoms with Crippen molar-refractivity contribution >= 4 is 35.0 Å². The number of anilines is 3. The van der Waals surface area contributed by atoms with Crippen LogP contribution in [0, 0.1) is 16.7 Å². The topological polar surface area (TPSA) is 85.4 Å². The smallest absolute Gasteiger partial charge is 0.410 e. The molecule has 1 amide bonds. The van der Waals surface area contributed by atoms with Gasteiger partial charge >= 0.3 is 6.09 Å². The van der Waals surface area contributed by atoms with Crippen LogP contribution in [0.5, 0.6) is 0 Å². The Morgan fingerprint density at radius 3 is 2.59 bits per heavy atom. The number of carbonyl (C=O) groups excluding carboxylic acids is 1. The van der Waals surface area contributed by atoms with E-state index in [9.17, 15) is 4.79 Å². The third-order valence-electron chi connectivity index (χ3n) is 6.61. The largest absolute Gasteiger partial charge is 0.444 e. The van der Waals surface area contributed by atoms with Gasteiger partial charge < -0.3 is 14.5 Å². The van der Waals surface area contributed by atoms with Gasteiger partial charge in [0.25, 0.3) is 0 Å². The lowest BCUT2D eigenvalue weighted by molar-refractivity contribution is -0.659. The number of likely N-dealkylation sites (tertiary alicyclic amines) is 1. The summed E-state index contributed by atoms with van der Waals surface area (Å²) in [7, 11) is 1.92. The van der Waals surface area contributed by atoms with Gasteiger partial charge in [-0.1, -0.05) is 16.6 Å². The van der Waals surface area contributed by atoms with Gasteiger partial charge in [-0.25, -0.2) is 9.36 Å². The molecule has 0 unspecified atom stereocenters. The molecule has 2 fully saturated rings. The van der Waals surface area contributed by atoms with Crippen molar-refractivity contribution in [2.45, 2.75) is 45.6 Å².